The average molecular weight is 374 g/mol. The van der Waals surface area contributed by atoms with E-state index in [9.17, 15) is 4.79 Å². The maximum absolute atomic E-state index is 12.3. The highest BCUT2D eigenvalue weighted by Crippen LogP contribution is 2.27. The van der Waals surface area contributed by atoms with Crippen molar-refractivity contribution in [3.63, 3.8) is 0 Å². The summed E-state index contributed by atoms with van der Waals surface area (Å²) in [7, 11) is 0. The normalized spacial score (nSPS) is 16.4. The van der Waals surface area contributed by atoms with Crippen molar-refractivity contribution in [1.29, 1.82) is 0 Å². The Kier molecular flexibility index (Phi) is 6.35. The van der Waals surface area contributed by atoms with E-state index in [0.717, 1.165) is 23.2 Å². The number of aryl methyl sites for hydroxylation is 2. The lowest BCUT2D eigenvalue weighted by atomic mass is 9.89. The van der Waals surface area contributed by atoms with E-state index >= 15 is 0 Å². The molecule has 26 heavy (non-hydrogen) atoms. The summed E-state index contributed by atoms with van der Waals surface area (Å²) in [6.07, 6.45) is 6.36. The molecule has 1 aromatic heterocycles. The zero-order chi connectivity index (χ0) is 18.5. The van der Waals surface area contributed by atoms with Crippen LogP contribution in [0.3, 0.4) is 0 Å². The van der Waals surface area contributed by atoms with E-state index in [1.54, 1.807) is 0 Å². The molecule has 2 aromatic rings. The molecule has 140 valence electrons. The summed E-state index contributed by atoms with van der Waals surface area (Å²) in [6.45, 7) is 6.74. The lowest BCUT2D eigenvalue weighted by Gasteiger charge is -2.22. The summed E-state index contributed by atoms with van der Waals surface area (Å²) in [6, 6.07) is 6.15. The second-order valence-corrected chi connectivity index (χ2v) is 8.55. The summed E-state index contributed by atoms with van der Waals surface area (Å²) in [4.78, 5) is 12.3. The van der Waals surface area contributed by atoms with Crippen molar-refractivity contribution in [2.24, 2.45) is 5.92 Å². The van der Waals surface area contributed by atoms with Gasteiger partial charge in [-0.05, 0) is 51.7 Å². The highest BCUT2D eigenvalue weighted by Gasteiger charge is 2.20. The van der Waals surface area contributed by atoms with Gasteiger partial charge in [-0.15, -0.1) is 10.2 Å². The molecule has 1 aliphatic carbocycles. The first kappa shape index (κ1) is 19.0. The lowest BCUT2D eigenvalue weighted by Crippen LogP contribution is -2.35. The van der Waals surface area contributed by atoms with Crippen LogP contribution in [0.25, 0.3) is 11.5 Å². The van der Waals surface area contributed by atoms with Crippen molar-refractivity contribution >= 4 is 17.7 Å². The molecule has 1 amide bonds. The van der Waals surface area contributed by atoms with Crippen LogP contribution >= 0.6 is 11.8 Å². The molecule has 0 saturated heterocycles. The second kappa shape index (κ2) is 8.71. The molecule has 1 aromatic carbocycles. The summed E-state index contributed by atoms with van der Waals surface area (Å²) < 4.78 is 5.76. The number of rotatable bonds is 6. The molecule has 5 nitrogen and oxygen atoms in total. The number of carbonyl (C=O) groups is 1. The predicted molar refractivity (Wildman–Crippen MR) is 104 cm³/mol. The van der Waals surface area contributed by atoms with Crippen LogP contribution in [-0.4, -0.2) is 27.9 Å². The Morgan fingerprint density at radius 2 is 1.88 bits per heavy atom. The number of benzene rings is 1. The van der Waals surface area contributed by atoms with E-state index in [4.69, 9.17) is 4.42 Å². The zero-order valence-electron chi connectivity index (χ0n) is 15.7. The molecule has 0 bridgehead atoms. The van der Waals surface area contributed by atoms with Crippen molar-refractivity contribution in [2.75, 3.05) is 6.54 Å². The van der Waals surface area contributed by atoms with Crippen molar-refractivity contribution < 1.29 is 9.21 Å². The van der Waals surface area contributed by atoms with Gasteiger partial charge in [0.2, 0.25) is 11.8 Å². The van der Waals surface area contributed by atoms with Crippen LogP contribution in [0, 0.1) is 19.8 Å². The van der Waals surface area contributed by atoms with Gasteiger partial charge in [0.1, 0.15) is 0 Å². The number of thioether (sulfide) groups is 1. The minimum absolute atomic E-state index is 0.0340. The quantitative estimate of drug-likeness (QED) is 0.754. The van der Waals surface area contributed by atoms with Gasteiger partial charge >= 0.3 is 0 Å². The van der Waals surface area contributed by atoms with Gasteiger partial charge < -0.3 is 9.73 Å². The van der Waals surface area contributed by atoms with E-state index in [0.29, 0.717) is 17.0 Å². The number of nitrogens with one attached hydrogen (secondary N) is 1. The summed E-state index contributed by atoms with van der Waals surface area (Å²) in [5.41, 5.74) is 3.22. The number of nitrogens with zero attached hydrogens (tertiary/aromatic N) is 2. The molecule has 1 heterocycles. The number of hydrogen-bond acceptors (Lipinski definition) is 5. The van der Waals surface area contributed by atoms with Crippen LogP contribution in [0.5, 0.6) is 0 Å². The van der Waals surface area contributed by atoms with Gasteiger partial charge in [-0.3, -0.25) is 4.79 Å². The largest absolute Gasteiger partial charge is 0.411 e. The monoisotopic (exact) mass is 373 g/mol. The first-order valence-corrected chi connectivity index (χ1v) is 10.3. The van der Waals surface area contributed by atoms with Gasteiger partial charge in [-0.2, -0.15) is 0 Å². The molecule has 0 spiro atoms. The van der Waals surface area contributed by atoms with Gasteiger partial charge in [0, 0.05) is 12.1 Å². The third-order valence-electron chi connectivity index (χ3n) is 4.81. The SMILES string of the molecule is Cc1cc(C)cc(-c2nnc(SC(C)C(=O)NCC3CCCCC3)o2)c1. The Balaban J connectivity index is 1.55. The van der Waals surface area contributed by atoms with E-state index in [1.165, 1.54) is 43.9 Å². The second-order valence-electron chi connectivity index (χ2n) is 7.26. The first-order chi connectivity index (χ1) is 12.5. The molecule has 1 atom stereocenters. The van der Waals surface area contributed by atoms with Crippen molar-refractivity contribution in [1.82, 2.24) is 15.5 Å². The highest BCUT2D eigenvalue weighted by atomic mass is 32.2. The molecule has 3 rings (SSSR count). The van der Waals surface area contributed by atoms with Gasteiger partial charge in [0.15, 0.2) is 0 Å². The fourth-order valence-electron chi connectivity index (χ4n) is 3.46. The zero-order valence-corrected chi connectivity index (χ0v) is 16.6. The van der Waals surface area contributed by atoms with E-state index in [1.807, 2.05) is 32.9 Å². The number of aromatic nitrogens is 2. The van der Waals surface area contributed by atoms with E-state index < -0.39 is 0 Å². The van der Waals surface area contributed by atoms with Crippen molar-refractivity contribution in [3.05, 3.63) is 29.3 Å². The Labute approximate surface area is 159 Å². The molecule has 6 heteroatoms. The van der Waals surface area contributed by atoms with Gasteiger partial charge in [0.05, 0.1) is 5.25 Å². The van der Waals surface area contributed by atoms with Gasteiger partial charge in [-0.25, -0.2) is 0 Å². The standard InChI is InChI=1S/C20H27N3O2S/c1-13-9-14(2)11-17(10-13)19-22-23-20(25-19)26-15(3)18(24)21-12-16-7-5-4-6-8-16/h9-11,15-16H,4-8,12H2,1-3H3,(H,21,24). The molecule has 1 fully saturated rings. The van der Waals surface area contributed by atoms with Crippen LogP contribution in [0.15, 0.2) is 27.8 Å². The van der Waals surface area contributed by atoms with Gasteiger partial charge in [0.25, 0.3) is 5.22 Å². The molecular weight excluding hydrogens is 346 g/mol. The van der Waals surface area contributed by atoms with E-state index in [-0.39, 0.29) is 11.2 Å². The Morgan fingerprint density at radius 1 is 1.19 bits per heavy atom. The lowest BCUT2D eigenvalue weighted by molar-refractivity contribution is -0.120. The molecule has 1 aliphatic rings. The summed E-state index contributed by atoms with van der Waals surface area (Å²) >= 11 is 1.31. The Bertz CT molecular complexity index is 733. The highest BCUT2D eigenvalue weighted by molar-refractivity contribution is 8.00. The van der Waals surface area contributed by atoms with Crippen LogP contribution in [0.2, 0.25) is 0 Å². The summed E-state index contributed by atoms with van der Waals surface area (Å²) in [5.74, 6) is 1.16. The smallest absolute Gasteiger partial charge is 0.277 e. The Morgan fingerprint density at radius 3 is 2.58 bits per heavy atom. The minimum Gasteiger partial charge on any atom is -0.411 e. The number of carbonyl (C=O) groups excluding carboxylic acids is 1. The minimum atomic E-state index is -0.258. The molecule has 0 radical (unpaired) electrons. The number of hydrogen-bond donors (Lipinski definition) is 1. The Hall–Kier alpha value is -1.82. The fourth-order valence-corrected chi connectivity index (χ4v) is 4.16. The van der Waals surface area contributed by atoms with Crippen molar-refractivity contribution in [3.8, 4) is 11.5 Å². The van der Waals surface area contributed by atoms with Gasteiger partial charge in [-0.1, -0.05) is 48.2 Å². The van der Waals surface area contributed by atoms with E-state index in [2.05, 4.69) is 21.6 Å². The third-order valence-corrected chi connectivity index (χ3v) is 5.75. The third kappa shape index (κ3) is 5.10. The fraction of sp³-hybridized carbons (Fsp3) is 0.550. The first-order valence-electron chi connectivity index (χ1n) is 9.38. The van der Waals surface area contributed by atoms with Crippen LogP contribution in [-0.2, 0) is 4.79 Å². The maximum Gasteiger partial charge on any atom is 0.277 e. The maximum atomic E-state index is 12.3. The summed E-state index contributed by atoms with van der Waals surface area (Å²) in [5, 5.41) is 11.5. The topological polar surface area (TPSA) is 68.0 Å². The average Bonchev–Trinajstić information content (AvgIpc) is 3.08. The molecular formula is C20H27N3O2S. The number of amides is 1. The molecule has 0 aliphatic heterocycles. The van der Waals surface area contributed by atoms with Crippen LogP contribution in [0.1, 0.15) is 50.2 Å². The molecule has 1 N–H and O–H groups in total. The van der Waals surface area contributed by atoms with Crippen molar-refractivity contribution in [2.45, 2.75) is 63.3 Å². The van der Waals surface area contributed by atoms with Crippen LogP contribution < -0.4 is 5.32 Å². The molecule has 1 unspecified atom stereocenters. The van der Waals surface area contributed by atoms with Crippen LogP contribution in [0.4, 0.5) is 0 Å². The molecule has 1 saturated carbocycles. The predicted octanol–water partition coefficient (Wildman–Crippen LogP) is 4.53.